The fraction of sp³-hybridized carbons (Fsp3) is 0.571. The van der Waals surface area contributed by atoms with Gasteiger partial charge >= 0.3 is 0 Å². The topological polar surface area (TPSA) is 60.2 Å². The van der Waals surface area contributed by atoms with Gasteiger partial charge in [0.15, 0.2) is 9.84 Å². The van der Waals surface area contributed by atoms with E-state index in [-0.39, 0.29) is 11.8 Å². The molecule has 1 atom stereocenters. The van der Waals surface area contributed by atoms with Gasteiger partial charge in [-0.3, -0.25) is 0 Å². The molecule has 0 spiro atoms. The van der Waals surface area contributed by atoms with Gasteiger partial charge < -0.3 is 5.73 Å². The van der Waals surface area contributed by atoms with E-state index in [0.29, 0.717) is 11.3 Å². The first-order chi connectivity index (χ1) is 8.49. The van der Waals surface area contributed by atoms with E-state index in [4.69, 9.17) is 5.73 Å². The van der Waals surface area contributed by atoms with Crippen molar-refractivity contribution in [3.05, 3.63) is 29.3 Å². The number of rotatable bonds is 4. The van der Waals surface area contributed by atoms with Crippen molar-refractivity contribution < 1.29 is 8.42 Å². The molecule has 2 rings (SSSR count). The van der Waals surface area contributed by atoms with Crippen molar-refractivity contribution in [3.63, 3.8) is 0 Å². The fourth-order valence-electron chi connectivity index (χ4n) is 2.36. The van der Waals surface area contributed by atoms with Crippen molar-refractivity contribution in [2.75, 3.05) is 5.75 Å². The molecule has 0 fully saturated rings. The van der Waals surface area contributed by atoms with Crippen LogP contribution in [0.25, 0.3) is 0 Å². The van der Waals surface area contributed by atoms with Crippen LogP contribution in [0.15, 0.2) is 23.1 Å². The highest BCUT2D eigenvalue weighted by Crippen LogP contribution is 2.24. The Morgan fingerprint density at radius 3 is 2.56 bits per heavy atom. The highest BCUT2D eigenvalue weighted by Gasteiger charge is 2.18. The van der Waals surface area contributed by atoms with Gasteiger partial charge in [0.05, 0.1) is 10.6 Å². The molecule has 2 N–H and O–H groups in total. The average molecular weight is 267 g/mol. The van der Waals surface area contributed by atoms with Crippen LogP contribution in [-0.2, 0) is 22.7 Å². The summed E-state index contributed by atoms with van der Waals surface area (Å²) in [6.07, 6.45) is 4.97. The Kier molecular flexibility index (Phi) is 4.07. The van der Waals surface area contributed by atoms with Crippen LogP contribution in [0.5, 0.6) is 0 Å². The predicted molar refractivity (Wildman–Crippen MR) is 73.4 cm³/mol. The lowest BCUT2D eigenvalue weighted by molar-refractivity contribution is 0.587. The third kappa shape index (κ3) is 3.12. The van der Waals surface area contributed by atoms with Crippen LogP contribution in [0.1, 0.15) is 37.3 Å². The molecule has 1 aromatic carbocycles. The second-order valence-corrected chi connectivity index (χ2v) is 7.33. The summed E-state index contributed by atoms with van der Waals surface area (Å²) >= 11 is 0. The molecule has 0 saturated carbocycles. The molecule has 100 valence electrons. The molecule has 0 aromatic heterocycles. The number of hydrogen-bond acceptors (Lipinski definition) is 3. The largest absolute Gasteiger partial charge is 0.328 e. The van der Waals surface area contributed by atoms with Gasteiger partial charge in [-0.05, 0) is 62.3 Å². The Morgan fingerprint density at radius 2 is 1.89 bits per heavy atom. The highest BCUT2D eigenvalue weighted by atomic mass is 32.2. The van der Waals surface area contributed by atoms with Gasteiger partial charge in [0.25, 0.3) is 0 Å². The third-order valence-electron chi connectivity index (χ3n) is 3.52. The van der Waals surface area contributed by atoms with Gasteiger partial charge in [-0.2, -0.15) is 0 Å². The maximum absolute atomic E-state index is 12.2. The van der Waals surface area contributed by atoms with Crippen molar-refractivity contribution in [1.82, 2.24) is 0 Å². The standard InChI is InChI=1S/C14H21NO2S/c1-11(15)8-9-18(16,17)14-7-6-12-4-2-3-5-13(12)10-14/h6-7,10-11H,2-5,8-9,15H2,1H3. The summed E-state index contributed by atoms with van der Waals surface area (Å²) in [7, 11) is -3.17. The molecule has 1 aromatic rings. The molecule has 1 unspecified atom stereocenters. The zero-order chi connectivity index (χ0) is 13.2. The van der Waals surface area contributed by atoms with Gasteiger partial charge in [-0.1, -0.05) is 6.07 Å². The molecule has 3 nitrogen and oxygen atoms in total. The highest BCUT2D eigenvalue weighted by molar-refractivity contribution is 7.91. The molecule has 0 saturated heterocycles. The normalized spacial score (nSPS) is 17.2. The summed E-state index contributed by atoms with van der Waals surface area (Å²) in [5.74, 6) is 0.142. The first-order valence-corrected chi connectivity index (χ1v) is 8.24. The average Bonchev–Trinajstić information content (AvgIpc) is 2.36. The molecule has 18 heavy (non-hydrogen) atoms. The number of aryl methyl sites for hydroxylation is 2. The van der Waals surface area contributed by atoms with E-state index >= 15 is 0 Å². The van der Waals surface area contributed by atoms with E-state index in [0.717, 1.165) is 19.3 Å². The molecule has 0 bridgehead atoms. The summed E-state index contributed by atoms with van der Waals surface area (Å²) in [4.78, 5) is 0.462. The Labute approximate surface area is 109 Å². The lowest BCUT2D eigenvalue weighted by Crippen LogP contribution is -2.20. The van der Waals surface area contributed by atoms with Crippen molar-refractivity contribution in [1.29, 1.82) is 0 Å². The van der Waals surface area contributed by atoms with Crippen LogP contribution in [0.4, 0.5) is 0 Å². The summed E-state index contributed by atoms with van der Waals surface area (Å²) in [6.45, 7) is 1.84. The first kappa shape index (κ1) is 13.6. The zero-order valence-electron chi connectivity index (χ0n) is 10.9. The Balaban J connectivity index is 2.22. The molecule has 1 aliphatic carbocycles. The van der Waals surface area contributed by atoms with Crippen molar-refractivity contribution in [2.24, 2.45) is 5.73 Å². The summed E-state index contributed by atoms with van der Waals surface area (Å²) in [5.41, 5.74) is 8.15. The lowest BCUT2D eigenvalue weighted by Gasteiger charge is -2.16. The fourth-order valence-corrected chi connectivity index (χ4v) is 3.88. The molecule has 4 heteroatoms. The molecular weight excluding hydrogens is 246 g/mol. The van der Waals surface area contributed by atoms with Gasteiger partial charge in [0, 0.05) is 6.04 Å². The Hall–Kier alpha value is -0.870. The van der Waals surface area contributed by atoms with Crippen molar-refractivity contribution in [2.45, 2.75) is 50.0 Å². The lowest BCUT2D eigenvalue weighted by atomic mass is 9.92. The molecular formula is C14H21NO2S. The number of fused-ring (bicyclic) bond motifs is 1. The summed E-state index contributed by atoms with van der Waals surface area (Å²) in [6, 6.07) is 5.52. The van der Waals surface area contributed by atoms with Crippen LogP contribution in [0, 0.1) is 0 Å². The quantitative estimate of drug-likeness (QED) is 0.908. The first-order valence-electron chi connectivity index (χ1n) is 6.59. The van der Waals surface area contributed by atoms with Crippen LogP contribution in [0.2, 0.25) is 0 Å². The molecule has 0 radical (unpaired) electrons. The predicted octanol–water partition coefficient (Wildman–Crippen LogP) is 2.08. The maximum atomic E-state index is 12.2. The monoisotopic (exact) mass is 267 g/mol. The van der Waals surface area contributed by atoms with Crippen molar-refractivity contribution >= 4 is 9.84 Å². The van der Waals surface area contributed by atoms with Gasteiger partial charge in [0.1, 0.15) is 0 Å². The molecule has 0 amide bonds. The molecule has 1 aliphatic rings. The van der Waals surface area contributed by atoms with Crippen LogP contribution in [0.3, 0.4) is 0 Å². The number of nitrogens with two attached hydrogens (primary N) is 1. The SMILES string of the molecule is CC(N)CCS(=O)(=O)c1ccc2c(c1)CCCC2. The Morgan fingerprint density at radius 1 is 1.22 bits per heavy atom. The summed E-state index contributed by atoms with van der Waals surface area (Å²) < 4.78 is 24.3. The Bertz CT molecular complexity index is 521. The van der Waals surface area contributed by atoms with Crippen LogP contribution in [-0.4, -0.2) is 20.2 Å². The van der Waals surface area contributed by atoms with Gasteiger partial charge in [-0.15, -0.1) is 0 Å². The van der Waals surface area contributed by atoms with E-state index in [1.165, 1.54) is 17.5 Å². The maximum Gasteiger partial charge on any atom is 0.178 e. The van der Waals surface area contributed by atoms with E-state index < -0.39 is 9.84 Å². The van der Waals surface area contributed by atoms with Gasteiger partial charge in [0.2, 0.25) is 0 Å². The third-order valence-corrected chi connectivity index (χ3v) is 5.27. The van der Waals surface area contributed by atoms with Gasteiger partial charge in [-0.25, -0.2) is 8.42 Å². The smallest absolute Gasteiger partial charge is 0.178 e. The van der Waals surface area contributed by atoms with E-state index in [2.05, 4.69) is 0 Å². The molecule has 0 aliphatic heterocycles. The number of hydrogen-bond donors (Lipinski definition) is 1. The second kappa shape index (κ2) is 5.41. The minimum Gasteiger partial charge on any atom is -0.328 e. The minimum absolute atomic E-state index is 0.0718. The zero-order valence-corrected chi connectivity index (χ0v) is 11.7. The van der Waals surface area contributed by atoms with E-state index in [1.54, 1.807) is 6.07 Å². The van der Waals surface area contributed by atoms with Crippen LogP contribution >= 0.6 is 0 Å². The van der Waals surface area contributed by atoms with E-state index in [1.807, 2.05) is 19.1 Å². The second-order valence-electron chi connectivity index (χ2n) is 5.22. The van der Waals surface area contributed by atoms with E-state index in [9.17, 15) is 8.42 Å². The number of benzene rings is 1. The van der Waals surface area contributed by atoms with Crippen molar-refractivity contribution in [3.8, 4) is 0 Å². The number of sulfone groups is 1. The van der Waals surface area contributed by atoms with Crippen LogP contribution < -0.4 is 5.73 Å². The molecule has 0 heterocycles. The summed E-state index contributed by atoms with van der Waals surface area (Å²) in [5, 5.41) is 0. The minimum atomic E-state index is -3.17.